The molecule has 2 amide bonds. The number of amides is 2. The van der Waals surface area contributed by atoms with Crippen LogP contribution in [0, 0.1) is 0 Å². The number of rotatable bonds is 5. The van der Waals surface area contributed by atoms with Crippen molar-refractivity contribution in [2.75, 3.05) is 6.54 Å². The Labute approximate surface area is 110 Å². The van der Waals surface area contributed by atoms with Crippen molar-refractivity contribution in [2.24, 2.45) is 0 Å². The molecular formula is C12H14N6O. The second-order valence-corrected chi connectivity index (χ2v) is 3.72. The van der Waals surface area contributed by atoms with E-state index in [1.54, 1.807) is 29.3 Å². The number of pyridine rings is 1. The standard InChI is InChI=1S/C12H14N6O/c1-2-5-14-12(19)15-7-10-9-18(17-16-10)11-4-3-6-13-8-11/h2-4,6,8-9H,1,5,7H2,(H2,14,15,19). The van der Waals surface area contributed by atoms with Gasteiger partial charge in [-0.2, -0.15) is 0 Å². The predicted molar refractivity (Wildman–Crippen MR) is 69.6 cm³/mol. The molecule has 2 N–H and O–H groups in total. The number of carbonyl (C=O) groups is 1. The van der Waals surface area contributed by atoms with Gasteiger partial charge < -0.3 is 10.6 Å². The Kier molecular flexibility index (Phi) is 4.22. The van der Waals surface area contributed by atoms with Crippen LogP contribution >= 0.6 is 0 Å². The zero-order valence-corrected chi connectivity index (χ0v) is 10.3. The minimum Gasteiger partial charge on any atom is -0.335 e. The lowest BCUT2D eigenvalue weighted by Crippen LogP contribution is -2.35. The molecule has 0 saturated heterocycles. The van der Waals surface area contributed by atoms with Gasteiger partial charge in [-0.1, -0.05) is 11.3 Å². The molecule has 7 nitrogen and oxygen atoms in total. The maximum absolute atomic E-state index is 11.3. The predicted octanol–water partition coefficient (Wildman–Crippen LogP) is 0.648. The lowest BCUT2D eigenvalue weighted by atomic mass is 10.4. The molecule has 0 spiro atoms. The molecule has 0 fully saturated rings. The highest BCUT2D eigenvalue weighted by Gasteiger charge is 2.04. The number of aromatic nitrogens is 4. The van der Waals surface area contributed by atoms with Gasteiger partial charge >= 0.3 is 6.03 Å². The molecule has 2 rings (SSSR count). The maximum atomic E-state index is 11.3. The van der Waals surface area contributed by atoms with Gasteiger partial charge in [-0.15, -0.1) is 11.7 Å². The van der Waals surface area contributed by atoms with Crippen LogP contribution < -0.4 is 10.6 Å². The molecule has 0 unspecified atom stereocenters. The van der Waals surface area contributed by atoms with Gasteiger partial charge in [-0.3, -0.25) is 4.98 Å². The Morgan fingerprint density at radius 3 is 3.11 bits per heavy atom. The molecule has 7 heteroatoms. The summed E-state index contributed by atoms with van der Waals surface area (Å²) in [6.07, 6.45) is 6.72. The number of nitrogens with zero attached hydrogens (tertiary/aromatic N) is 4. The number of nitrogens with one attached hydrogen (secondary N) is 2. The van der Waals surface area contributed by atoms with Crippen LogP contribution in [-0.4, -0.2) is 32.6 Å². The zero-order valence-electron chi connectivity index (χ0n) is 10.3. The quantitative estimate of drug-likeness (QED) is 0.771. The molecule has 0 radical (unpaired) electrons. The molecule has 0 aliphatic carbocycles. The summed E-state index contributed by atoms with van der Waals surface area (Å²) in [7, 11) is 0. The van der Waals surface area contributed by atoms with E-state index in [-0.39, 0.29) is 6.03 Å². The minimum absolute atomic E-state index is 0.268. The zero-order chi connectivity index (χ0) is 13.5. The molecule has 2 aromatic heterocycles. The SMILES string of the molecule is C=CCNC(=O)NCc1cn(-c2cccnc2)nn1. The van der Waals surface area contributed by atoms with Gasteiger partial charge in [0.05, 0.1) is 24.6 Å². The molecule has 2 aromatic rings. The summed E-state index contributed by atoms with van der Waals surface area (Å²) >= 11 is 0. The van der Waals surface area contributed by atoms with Crippen LogP contribution in [0.15, 0.2) is 43.4 Å². The smallest absolute Gasteiger partial charge is 0.315 e. The van der Waals surface area contributed by atoms with Gasteiger partial charge in [0, 0.05) is 12.7 Å². The van der Waals surface area contributed by atoms with Crippen molar-refractivity contribution in [1.29, 1.82) is 0 Å². The van der Waals surface area contributed by atoms with Gasteiger partial charge in [-0.05, 0) is 12.1 Å². The average Bonchev–Trinajstić information content (AvgIpc) is 2.93. The first-order valence-corrected chi connectivity index (χ1v) is 5.74. The van der Waals surface area contributed by atoms with E-state index in [2.05, 4.69) is 32.5 Å². The molecular weight excluding hydrogens is 244 g/mol. The summed E-state index contributed by atoms with van der Waals surface area (Å²) in [5, 5.41) is 13.2. The highest BCUT2D eigenvalue weighted by Crippen LogP contribution is 2.03. The maximum Gasteiger partial charge on any atom is 0.315 e. The van der Waals surface area contributed by atoms with E-state index in [9.17, 15) is 4.79 Å². The normalized spacial score (nSPS) is 9.89. The van der Waals surface area contributed by atoms with Crippen molar-refractivity contribution >= 4 is 6.03 Å². The highest BCUT2D eigenvalue weighted by atomic mass is 16.2. The Bertz CT molecular complexity index is 550. The first kappa shape index (κ1) is 12.7. The van der Waals surface area contributed by atoms with Crippen LogP contribution in [0.25, 0.3) is 5.69 Å². The summed E-state index contributed by atoms with van der Waals surface area (Å²) in [6, 6.07) is 3.42. The van der Waals surface area contributed by atoms with E-state index in [4.69, 9.17) is 0 Å². The summed E-state index contributed by atoms with van der Waals surface area (Å²) in [6.45, 7) is 4.25. The van der Waals surface area contributed by atoms with Gasteiger partial charge in [0.1, 0.15) is 5.69 Å². The average molecular weight is 258 g/mol. The van der Waals surface area contributed by atoms with Crippen LogP contribution in [0.5, 0.6) is 0 Å². The Hall–Kier alpha value is -2.70. The second-order valence-electron chi connectivity index (χ2n) is 3.72. The molecule has 0 bridgehead atoms. The number of hydrogen-bond acceptors (Lipinski definition) is 4. The highest BCUT2D eigenvalue weighted by molar-refractivity contribution is 5.73. The fourth-order valence-corrected chi connectivity index (χ4v) is 1.39. The van der Waals surface area contributed by atoms with Crippen molar-refractivity contribution in [2.45, 2.75) is 6.54 Å². The molecule has 0 aromatic carbocycles. The lowest BCUT2D eigenvalue weighted by Gasteiger charge is -2.02. The summed E-state index contributed by atoms with van der Waals surface area (Å²) in [5.74, 6) is 0. The lowest BCUT2D eigenvalue weighted by molar-refractivity contribution is 0.241. The largest absolute Gasteiger partial charge is 0.335 e. The van der Waals surface area contributed by atoms with E-state index in [0.29, 0.717) is 18.8 Å². The van der Waals surface area contributed by atoms with Crippen LogP contribution in [-0.2, 0) is 6.54 Å². The van der Waals surface area contributed by atoms with Crippen LogP contribution in [0.1, 0.15) is 5.69 Å². The monoisotopic (exact) mass is 258 g/mol. The number of urea groups is 1. The third-order valence-corrected chi connectivity index (χ3v) is 2.29. The third-order valence-electron chi connectivity index (χ3n) is 2.29. The van der Waals surface area contributed by atoms with Crippen molar-refractivity contribution in [1.82, 2.24) is 30.6 Å². The Morgan fingerprint density at radius 1 is 1.47 bits per heavy atom. The fourth-order valence-electron chi connectivity index (χ4n) is 1.39. The Morgan fingerprint density at radius 2 is 2.37 bits per heavy atom. The molecule has 0 aliphatic heterocycles. The van der Waals surface area contributed by atoms with E-state index in [0.717, 1.165) is 5.69 Å². The minimum atomic E-state index is -0.268. The summed E-state index contributed by atoms with van der Waals surface area (Å²) in [5.41, 5.74) is 1.48. The number of hydrogen-bond donors (Lipinski definition) is 2. The van der Waals surface area contributed by atoms with Gasteiger partial charge in [-0.25, -0.2) is 9.48 Å². The fraction of sp³-hybridized carbons (Fsp3) is 0.167. The summed E-state index contributed by atoms with van der Waals surface area (Å²) in [4.78, 5) is 15.3. The molecule has 0 aliphatic rings. The molecule has 0 atom stereocenters. The van der Waals surface area contributed by atoms with Crippen LogP contribution in [0.2, 0.25) is 0 Å². The van der Waals surface area contributed by atoms with Gasteiger partial charge in [0.25, 0.3) is 0 Å². The van der Waals surface area contributed by atoms with Crippen molar-refractivity contribution in [3.63, 3.8) is 0 Å². The van der Waals surface area contributed by atoms with E-state index in [1.165, 1.54) is 0 Å². The van der Waals surface area contributed by atoms with E-state index < -0.39 is 0 Å². The molecule has 0 saturated carbocycles. The first-order chi connectivity index (χ1) is 9.29. The number of carbonyl (C=O) groups excluding carboxylic acids is 1. The Balaban J connectivity index is 1.91. The van der Waals surface area contributed by atoms with E-state index >= 15 is 0 Å². The van der Waals surface area contributed by atoms with Gasteiger partial charge in [0.15, 0.2) is 0 Å². The van der Waals surface area contributed by atoms with Crippen LogP contribution in [0.3, 0.4) is 0 Å². The topological polar surface area (TPSA) is 84.7 Å². The van der Waals surface area contributed by atoms with Gasteiger partial charge in [0.2, 0.25) is 0 Å². The molecule has 19 heavy (non-hydrogen) atoms. The molecule has 2 heterocycles. The third kappa shape index (κ3) is 3.63. The summed E-state index contributed by atoms with van der Waals surface area (Å²) < 4.78 is 1.60. The molecule has 98 valence electrons. The van der Waals surface area contributed by atoms with Crippen molar-refractivity contribution in [3.8, 4) is 5.69 Å². The van der Waals surface area contributed by atoms with Crippen molar-refractivity contribution < 1.29 is 4.79 Å². The first-order valence-electron chi connectivity index (χ1n) is 5.74. The van der Waals surface area contributed by atoms with Crippen LogP contribution in [0.4, 0.5) is 4.79 Å². The van der Waals surface area contributed by atoms with Crippen molar-refractivity contribution in [3.05, 3.63) is 49.1 Å². The van der Waals surface area contributed by atoms with E-state index in [1.807, 2.05) is 12.1 Å². The second kappa shape index (κ2) is 6.29.